The summed E-state index contributed by atoms with van der Waals surface area (Å²) in [5, 5.41) is 18.9. The van der Waals surface area contributed by atoms with Crippen LogP contribution in [0.2, 0.25) is 0 Å². The summed E-state index contributed by atoms with van der Waals surface area (Å²) in [6, 6.07) is 8.25. The molecule has 0 radical (unpaired) electrons. The number of aryl methyl sites for hydroxylation is 1. The van der Waals surface area contributed by atoms with E-state index in [1.165, 1.54) is 13.2 Å². The van der Waals surface area contributed by atoms with Gasteiger partial charge in [0.2, 0.25) is 0 Å². The van der Waals surface area contributed by atoms with Gasteiger partial charge in [0.25, 0.3) is 5.56 Å². The van der Waals surface area contributed by atoms with Gasteiger partial charge in [-0.15, -0.1) is 0 Å². The van der Waals surface area contributed by atoms with Crippen molar-refractivity contribution in [2.45, 2.75) is 43.0 Å². The van der Waals surface area contributed by atoms with E-state index in [2.05, 4.69) is 10.4 Å². The maximum Gasteiger partial charge on any atom is 0.419 e. The topological polar surface area (TPSA) is 76.4 Å². The zero-order chi connectivity index (χ0) is 22.9. The summed E-state index contributed by atoms with van der Waals surface area (Å²) in [6.07, 6.45) is -3.59. The van der Waals surface area contributed by atoms with E-state index in [-0.39, 0.29) is 12.2 Å². The molecule has 2 aliphatic rings. The third-order valence-corrected chi connectivity index (χ3v) is 6.80. The van der Waals surface area contributed by atoms with Crippen molar-refractivity contribution >= 4 is 16.5 Å². The highest BCUT2D eigenvalue weighted by Crippen LogP contribution is 2.58. The molecule has 168 valence electrons. The van der Waals surface area contributed by atoms with Crippen LogP contribution in [0.3, 0.4) is 0 Å². The van der Waals surface area contributed by atoms with Crippen molar-refractivity contribution < 1.29 is 23.0 Å². The van der Waals surface area contributed by atoms with Crippen LogP contribution < -0.4 is 15.6 Å². The summed E-state index contributed by atoms with van der Waals surface area (Å²) in [6.45, 7) is 2.04. The molecule has 0 saturated heterocycles. The minimum atomic E-state index is -4.89. The number of hydrogen-bond donors (Lipinski definition) is 2. The van der Waals surface area contributed by atoms with Gasteiger partial charge in [-0.2, -0.15) is 18.3 Å². The second-order valence-corrected chi connectivity index (χ2v) is 8.90. The number of nitrogens with one attached hydrogen (secondary N) is 1. The number of ether oxygens (including phenoxy) is 1. The van der Waals surface area contributed by atoms with Gasteiger partial charge in [0.05, 0.1) is 24.2 Å². The molecule has 6 nitrogen and oxygen atoms in total. The second kappa shape index (κ2) is 6.71. The number of benzene rings is 2. The van der Waals surface area contributed by atoms with Gasteiger partial charge in [-0.1, -0.05) is 25.1 Å². The van der Waals surface area contributed by atoms with Crippen LogP contribution in [0.15, 0.2) is 47.4 Å². The Morgan fingerprint density at radius 1 is 1.22 bits per heavy atom. The maximum atomic E-state index is 14.4. The highest BCUT2D eigenvalue weighted by molar-refractivity contribution is 5.92. The largest absolute Gasteiger partial charge is 0.493 e. The van der Waals surface area contributed by atoms with Crippen LogP contribution in [-0.4, -0.2) is 33.3 Å². The molecule has 1 aliphatic carbocycles. The number of fused-ring (bicyclic) bond motifs is 1. The van der Waals surface area contributed by atoms with E-state index in [4.69, 9.17) is 4.74 Å². The molecular weight excluding hydrogens is 423 g/mol. The number of aliphatic hydroxyl groups is 1. The molecule has 32 heavy (non-hydrogen) atoms. The molecule has 2 N–H and O–H groups in total. The summed E-state index contributed by atoms with van der Waals surface area (Å²) in [5.74, 6) is 0.542. The van der Waals surface area contributed by atoms with E-state index in [1.807, 2.05) is 0 Å². The first-order valence-electron chi connectivity index (χ1n) is 10.3. The lowest BCUT2D eigenvalue weighted by Gasteiger charge is -2.51. The summed E-state index contributed by atoms with van der Waals surface area (Å²) < 4.78 is 50.1. The number of hydrogen-bond acceptors (Lipinski definition) is 5. The van der Waals surface area contributed by atoms with Crippen LogP contribution in [-0.2, 0) is 12.5 Å². The number of aromatic nitrogens is 2. The van der Waals surface area contributed by atoms with Gasteiger partial charge in [0, 0.05) is 29.1 Å². The van der Waals surface area contributed by atoms with Crippen LogP contribution in [0.5, 0.6) is 5.75 Å². The van der Waals surface area contributed by atoms with Crippen molar-refractivity contribution in [3.63, 3.8) is 0 Å². The molecule has 2 heterocycles. The molecule has 5 rings (SSSR count). The molecule has 0 saturated carbocycles. The quantitative estimate of drug-likeness (QED) is 0.627. The number of rotatable bonds is 2. The van der Waals surface area contributed by atoms with Crippen LogP contribution in [0.1, 0.15) is 36.9 Å². The normalized spacial score (nSPS) is 27.0. The van der Waals surface area contributed by atoms with Crippen molar-refractivity contribution in [3.05, 3.63) is 64.1 Å². The number of halogens is 3. The molecule has 2 aromatic carbocycles. The Bertz CT molecular complexity index is 1290. The zero-order valence-corrected chi connectivity index (χ0v) is 17.5. The summed E-state index contributed by atoms with van der Waals surface area (Å²) in [7, 11) is 1.50. The number of anilines is 1. The van der Waals surface area contributed by atoms with Gasteiger partial charge in [0.1, 0.15) is 5.75 Å². The van der Waals surface area contributed by atoms with E-state index in [1.54, 1.807) is 43.3 Å². The van der Waals surface area contributed by atoms with Crippen LogP contribution in [0.25, 0.3) is 10.8 Å². The smallest absolute Gasteiger partial charge is 0.419 e. The van der Waals surface area contributed by atoms with Gasteiger partial charge in [-0.3, -0.25) is 4.79 Å². The van der Waals surface area contributed by atoms with Crippen LogP contribution in [0.4, 0.5) is 18.9 Å². The van der Waals surface area contributed by atoms with E-state index < -0.39 is 29.7 Å². The Kier molecular flexibility index (Phi) is 4.37. The lowest BCUT2D eigenvalue weighted by atomic mass is 9.60. The molecular formula is C23H22F3N3O3. The van der Waals surface area contributed by atoms with Crippen molar-refractivity contribution in [2.75, 3.05) is 11.9 Å². The Morgan fingerprint density at radius 3 is 2.72 bits per heavy atom. The summed E-state index contributed by atoms with van der Waals surface area (Å²) >= 11 is 0. The maximum absolute atomic E-state index is 14.4. The van der Waals surface area contributed by atoms with E-state index in [0.717, 1.165) is 4.68 Å². The Labute approximate surface area is 181 Å². The van der Waals surface area contributed by atoms with Gasteiger partial charge < -0.3 is 15.2 Å². The van der Waals surface area contributed by atoms with Gasteiger partial charge >= 0.3 is 6.18 Å². The number of alkyl halides is 3. The molecule has 3 unspecified atom stereocenters. The van der Waals surface area contributed by atoms with Crippen molar-refractivity contribution in [3.8, 4) is 5.75 Å². The molecule has 3 aromatic rings. The minimum Gasteiger partial charge on any atom is -0.493 e. The third-order valence-electron chi connectivity index (χ3n) is 6.80. The van der Waals surface area contributed by atoms with Gasteiger partial charge in [-0.05, 0) is 36.6 Å². The van der Waals surface area contributed by atoms with Gasteiger partial charge in [0.15, 0.2) is 5.60 Å². The van der Waals surface area contributed by atoms with Crippen molar-refractivity contribution in [1.29, 1.82) is 0 Å². The van der Waals surface area contributed by atoms with Crippen LogP contribution in [0, 0.1) is 0 Å². The highest BCUT2D eigenvalue weighted by atomic mass is 19.4. The average molecular weight is 445 g/mol. The Balaban J connectivity index is 1.73. The van der Waals surface area contributed by atoms with Crippen LogP contribution >= 0.6 is 0 Å². The predicted octanol–water partition coefficient (Wildman–Crippen LogP) is 3.82. The minimum absolute atomic E-state index is 0.289. The molecule has 0 spiro atoms. The monoisotopic (exact) mass is 445 g/mol. The Hall–Kier alpha value is -3.07. The molecule has 0 bridgehead atoms. The molecule has 9 heteroatoms. The first-order valence-corrected chi connectivity index (χ1v) is 10.3. The van der Waals surface area contributed by atoms with E-state index in [9.17, 15) is 23.1 Å². The number of nitrogens with zero attached hydrogens (tertiary/aromatic N) is 2. The molecule has 1 aliphatic heterocycles. The lowest BCUT2D eigenvalue weighted by molar-refractivity contribution is -0.277. The predicted molar refractivity (Wildman–Crippen MR) is 113 cm³/mol. The highest BCUT2D eigenvalue weighted by Gasteiger charge is 2.65. The first kappa shape index (κ1) is 20.8. The second-order valence-electron chi connectivity index (χ2n) is 8.90. The zero-order valence-electron chi connectivity index (χ0n) is 17.5. The fourth-order valence-electron chi connectivity index (χ4n) is 5.20. The molecule has 0 amide bonds. The van der Waals surface area contributed by atoms with Crippen molar-refractivity contribution in [1.82, 2.24) is 9.78 Å². The fraction of sp³-hybridized carbons (Fsp3) is 0.391. The SMILES string of the molecule is Cn1ncc2c(NC3c4cccc5c4C(C)(CCO5)CC3(O)C(F)(F)F)cccc2c1=O. The standard InChI is InChI=1S/C23H22F3N3O3/c1-21-9-10-32-17-8-4-6-14(18(17)21)19(22(31,12-21)23(24,25)26)28-16-7-3-5-13-15(16)11-27-29(2)20(13)30/h3-8,11,19,28,31H,9-10,12H2,1-2H3. The summed E-state index contributed by atoms with van der Waals surface area (Å²) in [4.78, 5) is 12.5. The van der Waals surface area contributed by atoms with Crippen molar-refractivity contribution in [2.24, 2.45) is 7.05 Å². The van der Waals surface area contributed by atoms with E-state index >= 15 is 0 Å². The Morgan fingerprint density at radius 2 is 1.97 bits per heavy atom. The van der Waals surface area contributed by atoms with Gasteiger partial charge in [-0.25, -0.2) is 4.68 Å². The average Bonchev–Trinajstić information content (AvgIpc) is 2.73. The molecule has 0 fully saturated rings. The molecule has 1 aromatic heterocycles. The van der Waals surface area contributed by atoms with E-state index in [0.29, 0.717) is 39.8 Å². The summed E-state index contributed by atoms with van der Waals surface area (Å²) in [5.41, 5.74) is -2.96. The lowest BCUT2D eigenvalue weighted by Crippen LogP contribution is -2.59. The molecule has 3 atom stereocenters. The first-order chi connectivity index (χ1) is 15.1. The fourth-order valence-corrected chi connectivity index (χ4v) is 5.20. The third kappa shape index (κ3) is 2.83.